The lowest BCUT2D eigenvalue weighted by atomic mass is 9.91. The van der Waals surface area contributed by atoms with Crippen LogP contribution in [0.15, 0.2) is 24.3 Å². The van der Waals surface area contributed by atoms with E-state index in [1.165, 1.54) is 3.57 Å². The van der Waals surface area contributed by atoms with Gasteiger partial charge in [-0.2, -0.15) is 0 Å². The summed E-state index contributed by atoms with van der Waals surface area (Å²) in [4.78, 5) is 0.378. The van der Waals surface area contributed by atoms with E-state index in [4.69, 9.17) is 14.2 Å². The van der Waals surface area contributed by atoms with Gasteiger partial charge in [0.05, 0.1) is 13.2 Å². The summed E-state index contributed by atoms with van der Waals surface area (Å²) < 4.78 is 17.8. The summed E-state index contributed by atoms with van der Waals surface area (Å²) >= 11 is 5.88. The van der Waals surface area contributed by atoms with Crippen molar-refractivity contribution < 1.29 is 14.2 Å². The van der Waals surface area contributed by atoms with Gasteiger partial charge >= 0.3 is 0 Å². The second kappa shape index (κ2) is 7.07. The van der Waals surface area contributed by atoms with Gasteiger partial charge in [-0.3, -0.25) is 0 Å². The molecule has 18 heavy (non-hydrogen) atoms. The van der Waals surface area contributed by atoms with E-state index in [2.05, 4.69) is 38.5 Å². The van der Waals surface area contributed by atoms with Crippen LogP contribution in [0.25, 0.3) is 0 Å². The quantitative estimate of drug-likeness (QED) is 0.397. The van der Waals surface area contributed by atoms with E-state index in [1.807, 2.05) is 24.3 Å². The van der Waals surface area contributed by atoms with Crippen molar-refractivity contribution in [1.82, 2.24) is 0 Å². The minimum atomic E-state index is 0.111. The summed E-state index contributed by atoms with van der Waals surface area (Å²) in [5.74, 6) is 0.903. The van der Waals surface area contributed by atoms with Crippen LogP contribution in [-0.2, 0) is 9.47 Å². The molecule has 0 aliphatic heterocycles. The molecule has 0 amide bonds. The van der Waals surface area contributed by atoms with Gasteiger partial charge in [0.25, 0.3) is 0 Å². The summed E-state index contributed by atoms with van der Waals surface area (Å²) in [7, 11) is 1.68. The Labute approximate surface area is 129 Å². The highest BCUT2D eigenvalue weighted by Crippen LogP contribution is 2.34. The van der Waals surface area contributed by atoms with Crippen molar-refractivity contribution in [3.05, 3.63) is 27.8 Å². The van der Waals surface area contributed by atoms with E-state index < -0.39 is 0 Å². The van der Waals surface area contributed by atoms with Gasteiger partial charge in [0.15, 0.2) is 0 Å². The predicted molar refractivity (Wildman–Crippen MR) is 82.5 cm³/mol. The molecule has 0 spiro atoms. The van der Waals surface area contributed by atoms with Gasteiger partial charge in [0.2, 0.25) is 0 Å². The predicted octanol–water partition coefficient (Wildman–Crippen LogP) is 3.24. The summed E-state index contributed by atoms with van der Waals surface area (Å²) in [5, 5.41) is 0. The molecule has 0 radical (unpaired) electrons. The lowest BCUT2D eigenvalue weighted by Gasteiger charge is -2.40. The molecule has 3 nitrogen and oxygen atoms in total. The Bertz CT molecular complexity index is 371. The zero-order valence-electron chi connectivity index (χ0n) is 10.1. The van der Waals surface area contributed by atoms with Crippen LogP contribution in [0.2, 0.25) is 0 Å². The first kappa shape index (κ1) is 14.6. The minimum Gasteiger partial charge on any atom is -0.488 e. The SMILES string of the molecule is COCCOC1C(Br)CC1Oc1ccc(I)cc1. The molecule has 2 rings (SSSR count). The third-order valence-electron chi connectivity index (χ3n) is 2.88. The van der Waals surface area contributed by atoms with Gasteiger partial charge in [-0.1, -0.05) is 15.9 Å². The number of methoxy groups -OCH3 is 1. The molecule has 1 aliphatic rings. The maximum Gasteiger partial charge on any atom is 0.127 e. The standard InChI is InChI=1S/C13H16BrIO3/c1-16-6-7-17-13-11(14)8-12(13)18-10-4-2-9(15)3-5-10/h2-5,11-13H,6-8H2,1H3. The third kappa shape index (κ3) is 3.82. The molecular formula is C13H16BrIO3. The third-order valence-corrected chi connectivity index (χ3v) is 4.49. The highest BCUT2D eigenvalue weighted by atomic mass is 127. The van der Waals surface area contributed by atoms with Gasteiger partial charge in [-0.05, 0) is 46.9 Å². The van der Waals surface area contributed by atoms with Gasteiger partial charge in [0, 0.05) is 21.9 Å². The normalized spacial score (nSPS) is 26.7. The first-order valence-electron chi connectivity index (χ1n) is 5.87. The number of benzene rings is 1. The van der Waals surface area contributed by atoms with Crippen molar-refractivity contribution in [2.45, 2.75) is 23.5 Å². The lowest BCUT2D eigenvalue weighted by Crippen LogP contribution is -2.52. The van der Waals surface area contributed by atoms with Gasteiger partial charge < -0.3 is 14.2 Å². The van der Waals surface area contributed by atoms with Crippen LogP contribution in [0.4, 0.5) is 0 Å². The maximum absolute atomic E-state index is 5.92. The molecule has 1 fully saturated rings. The molecular weight excluding hydrogens is 411 g/mol. The molecule has 100 valence electrons. The number of rotatable bonds is 6. The van der Waals surface area contributed by atoms with Gasteiger partial charge in [-0.25, -0.2) is 0 Å². The minimum absolute atomic E-state index is 0.111. The second-order valence-electron chi connectivity index (χ2n) is 4.19. The number of hydrogen-bond acceptors (Lipinski definition) is 3. The summed E-state index contributed by atoms with van der Waals surface area (Å²) in [6.07, 6.45) is 1.22. The molecule has 3 atom stereocenters. The van der Waals surface area contributed by atoms with Crippen molar-refractivity contribution >= 4 is 38.5 Å². The second-order valence-corrected chi connectivity index (χ2v) is 6.61. The summed E-state index contributed by atoms with van der Waals surface area (Å²) in [6, 6.07) is 8.08. The lowest BCUT2D eigenvalue weighted by molar-refractivity contribution is -0.0865. The van der Waals surface area contributed by atoms with Crippen molar-refractivity contribution in [1.29, 1.82) is 0 Å². The number of halogens is 2. The van der Waals surface area contributed by atoms with Crippen LogP contribution in [-0.4, -0.2) is 37.4 Å². The average Bonchev–Trinajstić information content (AvgIpc) is 2.36. The molecule has 1 aromatic carbocycles. The van der Waals surface area contributed by atoms with Crippen LogP contribution >= 0.6 is 38.5 Å². The molecule has 0 bridgehead atoms. The van der Waals surface area contributed by atoms with E-state index in [0.717, 1.165) is 12.2 Å². The Morgan fingerprint density at radius 3 is 2.61 bits per heavy atom. The zero-order valence-corrected chi connectivity index (χ0v) is 13.9. The van der Waals surface area contributed by atoms with Crippen molar-refractivity contribution in [2.75, 3.05) is 20.3 Å². The van der Waals surface area contributed by atoms with Crippen molar-refractivity contribution in [2.24, 2.45) is 0 Å². The van der Waals surface area contributed by atoms with Gasteiger partial charge in [-0.15, -0.1) is 0 Å². The highest BCUT2D eigenvalue weighted by molar-refractivity contribution is 14.1. The molecule has 1 aromatic rings. The largest absolute Gasteiger partial charge is 0.488 e. The fourth-order valence-electron chi connectivity index (χ4n) is 1.81. The van der Waals surface area contributed by atoms with E-state index in [0.29, 0.717) is 18.0 Å². The van der Waals surface area contributed by atoms with Crippen LogP contribution < -0.4 is 4.74 Å². The molecule has 0 heterocycles. The van der Waals surface area contributed by atoms with E-state index in [-0.39, 0.29) is 12.2 Å². The van der Waals surface area contributed by atoms with E-state index in [9.17, 15) is 0 Å². The first-order chi connectivity index (χ1) is 8.70. The number of alkyl halides is 1. The first-order valence-corrected chi connectivity index (χ1v) is 7.87. The molecule has 1 aliphatic carbocycles. The average molecular weight is 427 g/mol. The molecule has 0 aromatic heterocycles. The molecule has 3 unspecified atom stereocenters. The summed E-state index contributed by atoms with van der Waals surface area (Å²) in [6.45, 7) is 1.22. The van der Waals surface area contributed by atoms with Crippen molar-refractivity contribution in [3.63, 3.8) is 0 Å². The monoisotopic (exact) mass is 426 g/mol. The number of hydrogen-bond donors (Lipinski definition) is 0. The van der Waals surface area contributed by atoms with Crippen LogP contribution in [0, 0.1) is 3.57 Å². The maximum atomic E-state index is 5.92. The molecule has 0 N–H and O–H groups in total. The Morgan fingerprint density at radius 2 is 2.00 bits per heavy atom. The van der Waals surface area contributed by atoms with E-state index in [1.54, 1.807) is 7.11 Å². The van der Waals surface area contributed by atoms with Crippen LogP contribution in [0.3, 0.4) is 0 Å². The van der Waals surface area contributed by atoms with Gasteiger partial charge in [0.1, 0.15) is 18.0 Å². The zero-order chi connectivity index (χ0) is 13.0. The Kier molecular flexibility index (Phi) is 5.72. The Morgan fingerprint density at radius 1 is 1.28 bits per heavy atom. The molecule has 5 heteroatoms. The van der Waals surface area contributed by atoms with Crippen molar-refractivity contribution in [3.8, 4) is 5.75 Å². The van der Waals surface area contributed by atoms with Crippen LogP contribution in [0.5, 0.6) is 5.75 Å². The fourth-order valence-corrected chi connectivity index (χ4v) is 3.03. The fraction of sp³-hybridized carbons (Fsp3) is 0.538. The highest BCUT2D eigenvalue weighted by Gasteiger charge is 2.42. The summed E-state index contributed by atoms with van der Waals surface area (Å²) in [5.41, 5.74) is 0. The van der Waals surface area contributed by atoms with Crippen LogP contribution in [0.1, 0.15) is 6.42 Å². The Hall–Kier alpha value is 0.150. The molecule has 0 saturated heterocycles. The smallest absolute Gasteiger partial charge is 0.127 e. The number of ether oxygens (including phenoxy) is 3. The van der Waals surface area contributed by atoms with E-state index >= 15 is 0 Å². The Balaban J connectivity index is 1.83. The topological polar surface area (TPSA) is 27.7 Å². The molecule has 1 saturated carbocycles.